The Kier molecular flexibility index (Phi) is 4.52. The lowest BCUT2D eigenvalue weighted by Crippen LogP contribution is -2.34. The predicted octanol–water partition coefficient (Wildman–Crippen LogP) is 2.24. The number of nitrogens with one attached hydrogen (secondary N) is 1. The quantitative estimate of drug-likeness (QED) is 0.847. The van der Waals surface area contributed by atoms with E-state index in [0.29, 0.717) is 0 Å². The molecule has 0 saturated carbocycles. The molecule has 0 radical (unpaired) electrons. The van der Waals surface area contributed by atoms with Crippen LogP contribution >= 0.6 is 0 Å². The minimum absolute atomic E-state index is 0.138. The molecule has 0 spiro atoms. The largest absolute Gasteiger partial charge is 0.444 e. The predicted molar refractivity (Wildman–Crippen MR) is 65.6 cm³/mol. The Morgan fingerprint density at radius 2 is 1.94 bits per heavy atom. The van der Waals surface area contributed by atoms with Crippen molar-refractivity contribution in [1.29, 1.82) is 0 Å². The third-order valence-electron chi connectivity index (χ3n) is 2.02. The average Bonchev–Trinajstić information content (AvgIpc) is 2.25. The van der Waals surface area contributed by atoms with Crippen LogP contribution in [0.5, 0.6) is 0 Å². The zero-order chi connectivity index (χ0) is 12.9. The number of hydrogen-bond donors (Lipinski definition) is 2. The van der Waals surface area contributed by atoms with Crippen molar-refractivity contribution in [3.63, 3.8) is 0 Å². The summed E-state index contributed by atoms with van der Waals surface area (Å²) in [5.41, 5.74) is 0.241. The molecule has 4 heteroatoms. The number of aliphatic hydroxyl groups is 1. The molecule has 0 heterocycles. The molecule has 0 aliphatic rings. The summed E-state index contributed by atoms with van der Waals surface area (Å²) in [5, 5.41) is 12.3. The van der Waals surface area contributed by atoms with E-state index in [4.69, 9.17) is 4.74 Å². The van der Waals surface area contributed by atoms with E-state index in [2.05, 4.69) is 5.32 Å². The zero-order valence-corrected chi connectivity index (χ0v) is 10.4. The maximum atomic E-state index is 11.3. The van der Waals surface area contributed by atoms with Crippen LogP contribution in [0.15, 0.2) is 30.3 Å². The van der Waals surface area contributed by atoms with Crippen molar-refractivity contribution in [2.75, 3.05) is 6.54 Å². The third-order valence-corrected chi connectivity index (χ3v) is 2.02. The van der Waals surface area contributed by atoms with Crippen LogP contribution in [-0.2, 0) is 4.74 Å². The van der Waals surface area contributed by atoms with E-state index < -0.39 is 17.8 Å². The molecule has 2 N–H and O–H groups in total. The molecule has 0 aliphatic carbocycles. The lowest BCUT2D eigenvalue weighted by molar-refractivity contribution is 0.0492. The number of rotatable bonds is 3. The summed E-state index contributed by atoms with van der Waals surface area (Å²) >= 11 is 0. The monoisotopic (exact) mass is 237 g/mol. The minimum Gasteiger partial charge on any atom is -0.444 e. The number of hydrogen-bond acceptors (Lipinski definition) is 3. The van der Waals surface area contributed by atoms with Gasteiger partial charge in [-0.05, 0) is 26.3 Å². The van der Waals surface area contributed by atoms with Crippen molar-refractivity contribution < 1.29 is 14.6 Å². The second kappa shape index (κ2) is 5.68. The summed E-state index contributed by atoms with van der Waals surface area (Å²) in [6.45, 7) is 5.51. The van der Waals surface area contributed by atoms with Gasteiger partial charge in [-0.15, -0.1) is 0 Å². The summed E-state index contributed by atoms with van der Waals surface area (Å²) in [4.78, 5) is 11.3. The Morgan fingerprint density at radius 1 is 1.35 bits per heavy atom. The molecular weight excluding hydrogens is 218 g/mol. The van der Waals surface area contributed by atoms with E-state index in [1.54, 1.807) is 32.9 Å². The van der Waals surface area contributed by atoms with Crippen LogP contribution in [-0.4, -0.2) is 23.3 Å². The first-order valence-electron chi connectivity index (χ1n) is 5.58. The number of carbonyl (C=O) groups is 1. The van der Waals surface area contributed by atoms with Gasteiger partial charge in [0.05, 0.1) is 12.6 Å². The molecule has 1 amide bonds. The van der Waals surface area contributed by atoms with Crippen molar-refractivity contribution >= 4 is 6.09 Å². The number of carbonyl (C=O) groups excluding carboxylic acids is 1. The van der Waals surface area contributed by atoms with E-state index in [-0.39, 0.29) is 6.54 Å². The van der Waals surface area contributed by atoms with Crippen molar-refractivity contribution in [3.05, 3.63) is 35.9 Å². The highest BCUT2D eigenvalue weighted by Gasteiger charge is 2.17. The van der Waals surface area contributed by atoms with Gasteiger partial charge in [0.15, 0.2) is 0 Å². The van der Waals surface area contributed by atoms with Crippen LogP contribution in [0.1, 0.15) is 32.4 Å². The van der Waals surface area contributed by atoms with Crippen molar-refractivity contribution in [2.24, 2.45) is 0 Å². The van der Waals surface area contributed by atoms with Crippen LogP contribution in [0.2, 0.25) is 0 Å². The maximum absolute atomic E-state index is 11.3. The van der Waals surface area contributed by atoms with Gasteiger partial charge < -0.3 is 15.2 Å². The van der Waals surface area contributed by atoms with Gasteiger partial charge in [-0.25, -0.2) is 4.79 Å². The molecule has 1 aromatic carbocycles. The number of amides is 1. The Morgan fingerprint density at radius 3 is 2.47 bits per heavy atom. The van der Waals surface area contributed by atoms with Gasteiger partial charge in [0.2, 0.25) is 0 Å². The fourth-order valence-corrected chi connectivity index (χ4v) is 1.29. The molecule has 17 heavy (non-hydrogen) atoms. The lowest BCUT2D eigenvalue weighted by Gasteiger charge is -2.20. The summed E-state index contributed by atoms with van der Waals surface area (Å²) in [6, 6.07) is 9.17. The third kappa shape index (κ3) is 5.36. The normalized spacial score (nSPS) is 12.9. The molecule has 0 aliphatic heterocycles. The zero-order valence-electron chi connectivity index (χ0n) is 10.4. The van der Waals surface area contributed by atoms with Gasteiger partial charge >= 0.3 is 6.09 Å². The molecule has 0 unspecified atom stereocenters. The topological polar surface area (TPSA) is 58.6 Å². The highest BCUT2D eigenvalue weighted by molar-refractivity contribution is 5.67. The second-order valence-electron chi connectivity index (χ2n) is 4.81. The van der Waals surface area contributed by atoms with E-state index in [9.17, 15) is 9.90 Å². The molecule has 0 saturated heterocycles. The first-order chi connectivity index (χ1) is 7.88. The first kappa shape index (κ1) is 13.5. The molecule has 0 aromatic heterocycles. The maximum Gasteiger partial charge on any atom is 0.407 e. The standard InChI is InChI=1S/C13H19NO3/c1-13(2,3)17-12(16)14-9-11(15)10-7-5-4-6-8-10/h4-8,11,15H,9H2,1-3H3,(H,14,16)/t11-/m0/s1. The molecule has 94 valence electrons. The first-order valence-corrected chi connectivity index (χ1v) is 5.58. The Bertz CT molecular complexity index is 357. The van der Waals surface area contributed by atoms with E-state index in [0.717, 1.165) is 5.56 Å². The summed E-state index contributed by atoms with van der Waals surface area (Å²) in [5.74, 6) is 0. The minimum atomic E-state index is -0.719. The summed E-state index contributed by atoms with van der Waals surface area (Å²) < 4.78 is 5.06. The molecular formula is C13H19NO3. The van der Waals surface area contributed by atoms with E-state index >= 15 is 0 Å². The Labute approximate surface area is 102 Å². The van der Waals surface area contributed by atoms with Crippen LogP contribution < -0.4 is 5.32 Å². The second-order valence-corrected chi connectivity index (χ2v) is 4.81. The van der Waals surface area contributed by atoms with Crippen LogP contribution in [0.3, 0.4) is 0 Å². The highest BCUT2D eigenvalue weighted by Crippen LogP contribution is 2.11. The van der Waals surface area contributed by atoms with Gasteiger partial charge in [0, 0.05) is 0 Å². The van der Waals surface area contributed by atoms with Gasteiger partial charge in [0.25, 0.3) is 0 Å². The Balaban J connectivity index is 2.39. The summed E-state index contributed by atoms with van der Waals surface area (Å²) in [7, 11) is 0. The van der Waals surface area contributed by atoms with E-state index in [1.807, 2.05) is 18.2 Å². The highest BCUT2D eigenvalue weighted by atomic mass is 16.6. The number of ether oxygens (including phenoxy) is 1. The molecule has 0 fully saturated rings. The summed E-state index contributed by atoms with van der Waals surface area (Å²) in [6.07, 6.45) is -1.24. The van der Waals surface area contributed by atoms with Gasteiger partial charge in [-0.3, -0.25) is 0 Å². The SMILES string of the molecule is CC(C)(C)OC(=O)NC[C@H](O)c1ccccc1. The lowest BCUT2D eigenvalue weighted by atomic mass is 10.1. The van der Waals surface area contributed by atoms with Crippen LogP contribution in [0, 0.1) is 0 Å². The van der Waals surface area contributed by atoms with Gasteiger partial charge in [-0.1, -0.05) is 30.3 Å². The van der Waals surface area contributed by atoms with E-state index in [1.165, 1.54) is 0 Å². The number of benzene rings is 1. The number of aliphatic hydroxyl groups excluding tert-OH is 1. The fraction of sp³-hybridized carbons (Fsp3) is 0.462. The molecule has 0 bridgehead atoms. The Hall–Kier alpha value is -1.55. The molecule has 1 rings (SSSR count). The molecule has 1 atom stereocenters. The van der Waals surface area contributed by atoms with Gasteiger partial charge in [-0.2, -0.15) is 0 Å². The average molecular weight is 237 g/mol. The van der Waals surface area contributed by atoms with Crippen LogP contribution in [0.4, 0.5) is 4.79 Å². The van der Waals surface area contributed by atoms with Crippen molar-refractivity contribution in [2.45, 2.75) is 32.5 Å². The smallest absolute Gasteiger partial charge is 0.407 e. The number of alkyl carbamates (subject to hydrolysis) is 1. The fourth-order valence-electron chi connectivity index (χ4n) is 1.29. The van der Waals surface area contributed by atoms with Gasteiger partial charge in [0.1, 0.15) is 5.60 Å². The van der Waals surface area contributed by atoms with Crippen molar-refractivity contribution in [1.82, 2.24) is 5.32 Å². The van der Waals surface area contributed by atoms with Crippen LogP contribution in [0.25, 0.3) is 0 Å². The molecule has 4 nitrogen and oxygen atoms in total. The van der Waals surface area contributed by atoms with Crippen molar-refractivity contribution in [3.8, 4) is 0 Å². The molecule has 1 aromatic rings.